The molecular weight excluding hydrogens is 328 g/mol. The van der Waals surface area contributed by atoms with E-state index in [0.29, 0.717) is 6.42 Å². The molecule has 1 aromatic rings. The molecule has 0 aliphatic carbocycles. The van der Waals surface area contributed by atoms with Crippen molar-refractivity contribution in [2.45, 2.75) is 31.5 Å². The number of terminal acetylenes is 1. The molecule has 1 atom stereocenters. The standard InChI is InChI=1S/C14H11Cl2F3O2/c1-3-5-12(20)21-13(4-2,14(17,18)19)9-6-10(15)8-11(16)7-9/h2,6-8H,3,5H2,1H3/t13-/m0/s1. The van der Waals surface area contributed by atoms with Gasteiger partial charge in [-0.3, -0.25) is 4.79 Å². The van der Waals surface area contributed by atoms with E-state index in [4.69, 9.17) is 29.6 Å². The van der Waals surface area contributed by atoms with Gasteiger partial charge in [0.05, 0.1) is 0 Å². The predicted molar refractivity (Wildman–Crippen MR) is 74.0 cm³/mol. The summed E-state index contributed by atoms with van der Waals surface area (Å²) in [6, 6.07) is 3.19. The van der Waals surface area contributed by atoms with Gasteiger partial charge in [0.2, 0.25) is 0 Å². The second-order valence-electron chi connectivity index (χ2n) is 4.21. The minimum Gasteiger partial charge on any atom is -0.431 e. The molecule has 21 heavy (non-hydrogen) atoms. The second kappa shape index (κ2) is 6.59. The number of hydrogen-bond donors (Lipinski definition) is 0. The quantitative estimate of drug-likeness (QED) is 0.586. The van der Waals surface area contributed by atoms with Crippen LogP contribution in [0.25, 0.3) is 0 Å². The van der Waals surface area contributed by atoms with Gasteiger partial charge in [-0.05, 0) is 30.5 Å². The highest BCUT2D eigenvalue weighted by atomic mass is 35.5. The van der Waals surface area contributed by atoms with Crippen molar-refractivity contribution in [3.63, 3.8) is 0 Å². The Kier molecular flexibility index (Phi) is 5.54. The summed E-state index contributed by atoms with van der Waals surface area (Å²) in [5, 5.41) is -0.0965. The molecule has 7 heteroatoms. The zero-order valence-electron chi connectivity index (χ0n) is 10.9. The topological polar surface area (TPSA) is 26.3 Å². The third-order valence-electron chi connectivity index (χ3n) is 2.59. The van der Waals surface area contributed by atoms with Gasteiger partial charge in [-0.15, -0.1) is 6.42 Å². The Balaban J connectivity index is 3.44. The minimum absolute atomic E-state index is 0.0482. The van der Waals surface area contributed by atoms with Crippen molar-refractivity contribution in [1.29, 1.82) is 0 Å². The van der Waals surface area contributed by atoms with Crippen LogP contribution in [0.1, 0.15) is 25.3 Å². The first-order chi connectivity index (χ1) is 9.66. The molecule has 0 unspecified atom stereocenters. The van der Waals surface area contributed by atoms with Crippen LogP contribution in [-0.2, 0) is 15.1 Å². The van der Waals surface area contributed by atoms with Gasteiger partial charge in [0.15, 0.2) is 0 Å². The number of benzene rings is 1. The molecule has 0 aromatic heterocycles. The fourth-order valence-corrected chi connectivity index (χ4v) is 2.18. The van der Waals surface area contributed by atoms with Crippen molar-refractivity contribution < 1.29 is 22.7 Å². The maximum Gasteiger partial charge on any atom is 0.445 e. The summed E-state index contributed by atoms with van der Waals surface area (Å²) in [7, 11) is 0. The van der Waals surface area contributed by atoms with E-state index in [0.717, 1.165) is 12.1 Å². The zero-order chi connectivity index (χ0) is 16.3. The number of alkyl halides is 3. The van der Waals surface area contributed by atoms with Crippen LogP contribution in [0, 0.1) is 12.3 Å². The third-order valence-corrected chi connectivity index (χ3v) is 3.03. The number of carbonyl (C=O) groups excluding carboxylic acids is 1. The van der Waals surface area contributed by atoms with Crippen LogP contribution in [0.2, 0.25) is 10.0 Å². The first kappa shape index (κ1) is 17.7. The number of rotatable bonds is 4. The van der Waals surface area contributed by atoms with E-state index in [1.54, 1.807) is 6.92 Å². The van der Waals surface area contributed by atoms with E-state index in [1.165, 1.54) is 12.0 Å². The summed E-state index contributed by atoms with van der Waals surface area (Å²) < 4.78 is 44.8. The summed E-state index contributed by atoms with van der Waals surface area (Å²) in [5.74, 6) is 0.478. The Bertz CT molecular complexity index is 558. The predicted octanol–water partition coefficient (Wildman–Crippen LogP) is 4.73. The Morgan fingerprint density at radius 2 is 1.81 bits per heavy atom. The third kappa shape index (κ3) is 3.84. The molecule has 0 aliphatic rings. The molecule has 114 valence electrons. The molecule has 0 spiro atoms. The summed E-state index contributed by atoms with van der Waals surface area (Å²) in [6.07, 6.45) is 0.163. The summed E-state index contributed by atoms with van der Waals surface area (Å²) in [6.45, 7) is 1.63. The van der Waals surface area contributed by atoms with Crippen LogP contribution in [0.4, 0.5) is 13.2 Å². The molecule has 0 saturated heterocycles. The maximum atomic E-state index is 13.4. The average molecular weight is 339 g/mol. The van der Waals surface area contributed by atoms with Crippen molar-refractivity contribution in [1.82, 2.24) is 0 Å². The second-order valence-corrected chi connectivity index (χ2v) is 5.08. The van der Waals surface area contributed by atoms with Crippen molar-refractivity contribution >= 4 is 29.2 Å². The smallest absolute Gasteiger partial charge is 0.431 e. The summed E-state index contributed by atoms with van der Waals surface area (Å²) in [5.41, 5.74) is -3.73. The molecule has 0 saturated carbocycles. The number of esters is 1. The van der Waals surface area contributed by atoms with Gasteiger partial charge in [0.1, 0.15) is 0 Å². The highest BCUT2D eigenvalue weighted by Crippen LogP contribution is 2.43. The van der Waals surface area contributed by atoms with Crippen LogP contribution < -0.4 is 0 Å². The minimum atomic E-state index is -5.01. The fraction of sp³-hybridized carbons (Fsp3) is 0.357. The SMILES string of the molecule is C#C[C@](OC(=O)CCC)(c1cc(Cl)cc(Cl)c1)C(F)(F)F. The number of hydrogen-bond acceptors (Lipinski definition) is 2. The van der Waals surface area contributed by atoms with E-state index >= 15 is 0 Å². The molecule has 1 aromatic carbocycles. The summed E-state index contributed by atoms with van der Waals surface area (Å²) >= 11 is 11.4. The molecule has 0 aliphatic heterocycles. The molecule has 0 radical (unpaired) electrons. The number of halogens is 5. The lowest BCUT2D eigenvalue weighted by Gasteiger charge is -2.31. The van der Waals surface area contributed by atoms with Crippen molar-refractivity contribution in [2.24, 2.45) is 0 Å². The maximum absolute atomic E-state index is 13.4. The van der Waals surface area contributed by atoms with Crippen LogP contribution in [0.3, 0.4) is 0 Å². The van der Waals surface area contributed by atoms with Crippen LogP contribution in [0.15, 0.2) is 18.2 Å². The van der Waals surface area contributed by atoms with Gasteiger partial charge in [0, 0.05) is 22.0 Å². The normalized spacial score (nSPS) is 14.1. The Hall–Kier alpha value is -1.38. The molecule has 2 nitrogen and oxygen atoms in total. The van der Waals surface area contributed by atoms with Crippen LogP contribution in [-0.4, -0.2) is 12.1 Å². The molecular formula is C14H11Cl2F3O2. The van der Waals surface area contributed by atoms with Crippen LogP contribution in [0.5, 0.6) is 0 Å². The van der Waals surface area contributed by atoms with Gasteiger partial charge in [-0.25, -0.2) is 0 Å². The number of ether oxygens (including phenoxy) is 1. The monoisotopic (exact) mass is 338 g/mol. The largest absolute Gasteiger partial charge is 0.445 e. The van der Waals surface area contributed by atoms with Crippen LogP contribution >= 0.6 is 23.2 Å². The first-order valence-electron chi connectivity index (χ1n) is 5.89. The lowest BCUT2D eigenvalue weighted by Crippen LogP contribution is -2.45. The highest BCUT2D eigenvalue weighted by molar-refractivity contribution is 6.34. The molecule has 0 fully saturated rings. The van der Waals surface area contributed by atoms with E-state index in [2.05, 4.69) is 4.74 Å². The average Bonchev–Trinajstić information content (AvgIpc) is 2.33. The lowest BCUT2D eigenvalue weighted by molar-refractivity contribution is -0.253. The van der Waals surface area contributed by atoms with E-state index in [9.17, 15) is 18.0 Å². The van der Waals surface area contributed by atoms with Crippen molar-refractivity contribution in [3.05, 3.63) is 33.8 Å². The van der Waals surface area contributed by atoms with Gasteiger partial charge in [0.25, 0.3) is 5.60 Å². The van der Waals surface area contributed by atoms with E-state index < -0.39 is 23.3 Å². The fourth-order valence-electron chi connectivity index (χ4n) is 1.66. The Labute approximate surface area is 130 Å². The molecule has 1 rings (SSSR count). The van der Waals surface area contributed by atoms with Crippen molar-refractivity contribution in [2.75, 3.05) is 0 Å². The van der Waals surface area contributed by atoms with E-state index in [1.807, 2.05) is 0 Å². The van der Waals surface area contributed by atoms with Gasteiger partial charge in [-0.2, -0.15) is 13.2 Å². The van der Waals surface area contributed by atoms with Gasteiger partial charge >= 0.3 is 12.1 Å². The van der Waals surface area contributed by atoms with Crippen molar-refractivity contribution in [3.8, 4) is 12.3 Å². The first-order valence-corrected chi connectivity index (χ1v) is 6.64. The Morgan fingerprint density at radius 3 is 2.19 bits per heavy atom. The van der Waals surface area contributed by atoms with Gasteiger partial charge < -0.3 is 4.74 Å². The highest BCUT2D eigenvalue weighted by Gasteiger charge is 2.59. The van der Waals surface area contributed by atoms with Gasteiger partial charge in [-0.1, -0.05) is 30.1 Å². The molecule has 0 N–H and O–H groups in total. The Morgan fingerprint density at radius 1 is 1.29 bits per heavy atom. The molecule has 0 heterocycles. The molecule has 0 bridgehead atoms. The summed E-state index contributed by atoms with van der Waals surface area (Å²) in [4.78, 5) is 11.5. The zero-order valence-corrected chi connectivity index (χ0v) is 12.4. The lowest BCUT2D eigenvalue weighted by atomic mass is 9.93. The molecule has 0 amide bonds. The number of carbonyl (C=O) groups is 1. The van der Waals surface area contributed by atoms with E-state index in [-0.39, 0.29) is 16.5 Å².